The van der Waals surface area contributed by atoms with Crippen LogP contribution in [0.1, 0.15) is 11.1 Å². The number of anilines is 1. The monoisotopic (exact) mass is 361 g/mol. The van der Waals surface area contributed by atoms with Gasteiger partial charge in [-0.2, -0.15) is 0 Å². The summed E-state index contributed by atoms with van der Waals surface area (Å²) in [6, 6.07) is 10.8. The normalized spacial score (nSPS) is 13.7. The summed E-state index contributed by atoms with van der Waals surface area (Å²) in [6.07, 6.45) is 0. The van der Waals surface area contributed by atoms with Gasteiger partial charge in [-0.3, -0.25) is 0 Å². The third-order valence-electron chi connectivity index (χ3n) is 4.17. The second-order valence-corrected chi connectivity index (χ2v) is 6.55. The SMILES string of the molecule is Cc1cc(=O)oc2c3c(ccc12)OCN(c1ccc(Cl)c(Cl)c1)C3. The van der Waals surface area contributed by atoms with Crippen molar-refractivity contribution >= 4 is 39.9 Å². The summed E-state index contributed by atoms with van der Waals surface area (Å²) in [5.74, 6) is 0.729. The minimum atomic E-state index is -0.361. The standard InChI is InChI=1S/C18H13Cl2NO3/c1-10-6-17(22)24-18-12(10)3-5-16-13(18)8-21(9-23-16)11-2-4-14(19)15(20)7-11/h2-7H,8-9H2,1H3. The van der Waals surface area contributed by atoms with E-state index in [9.17, 15) is 4.79 Å². The van der Waals surface area contributed by atoms with Crippen LogP contribution in [-0.2, 0) is 6.54 Å². The van der Waals surface area contributed by atoms with Crippen LogP contribution < -0.4 is 15.3 Å². The molecule has 2 heterocycles. The molecule has 1 aliphatic heterocycles. The van der Waals surface area contributed by atoms with E-state index in [4.69, 9.17) is 32.4 Å². The van der Waals surface area contributed by atoms with Gasteiger partial charge < -0.3 is 14.1 Å². The lowest BCUT2D eigenvalue weighted by molar-refractivity contribution is 0.289. The quantitative estimate of drug-likeness (QED) is 0.585. The first-order valence-electron chi connectivity index (χ1n) is 7.42. The van der Waals surface area contributed by atoms with Gasteiger partial charge in [0.1, 0.15) is 11.3 Å². The van der Waals surface area contributed by atoms with Crippen molar-refractivity contribution in [3.8, 4) is 5.75 Å². The van der Waals surface area contributed by atoms with E-state index in [0.29, 0.717) is 28.9 Å². The fraction of sp³-hybridized carbons (Fsp3) is 0.167. The van der Waals surface area contributed by atoms with Gasteiger partial charge in [0.25, 0.3) is 0 Å². The van der Waals surface area contributed by atoms with Gasteiger partial charge in [0, 0.05) is 17.1 Å². The molecule has 1 aliphatic rings. The van der Waals surface area contributed by atoms with Crippen molar-refractivity contribution in [3.05, 3.63) is 68.0 Å². The molecule has 0 unspecified atom stereocenters. The first kappa shape index (κ1) is 15.4. The summed E-state index contributed by atoms with van der Waals surface area (Å²) >= 11 is 12.1. The summed E-state index contributed by atoms with van der Waals surface area (Å²) in [5, 5.41) is 1.90. The molecule has 2 aromatic carbocycles. The third kappa shape index (κ3) is 2.52. The molecule has 0 fully saturated rings. The summed E-state index contributed by atoms with van der Waals surface area (Å²) in [7, 11) is 0. The zero-order chi connectivity index (χ0) is 16.8. The number of halogens is 2. The van der Waals surface area contributed by atoms with Crippen molar-refractivity contribution in [3.63, 3.8) is 0 Å². The topological polar surface area (TPSA) is 42.7 Å². The van der Waals surface area contributed by atoms with Crippen molar-refractivity contribution < 1.29 is 9.15 Å². The van der Waals surface area contributed by atoms with Crippen molar-refractivity contribution in [2.24, 2.45) is 0 Å². The maximum atomic E-state index is 11.8. The lowest BCUT2D eigenvalue weighted by Gasteiger charge is -2.31. The molecule has 0 spiro atoms. The van der Waals surface area contributed by atoms with E-state index in [1.54, 1.807) is 12.1 Å². The van der Waals surface area contributed by atoms with Crippen LogP contribution in [0.5, 0.6) is 5.75 Å². The van der Waals surface area contributed by atoms with Gasteiger partial charge in [-0.1, -0.05) is 23.2 Å². The molecule has 0 saturated heterocycles. The molecule has 1 aromatic heterocycles. The maximum absolute atomic E-state index is 11.8. The van der Waals surface area contributed by atoms with Gasteiger partial charge in [0.2, 0.25) is 0 Å². The molecule has 4 rings (SSSR count). The molecule has 122 valence electrons. The van der Waals surface area contributed by atoms with Crippen LogP contribution in [0, 0.1) is 6.92 Å². The average molecular weight is 362 g/mol. The molecule has 0 atom stereocenters. The van der Waals surface area contributed by atoms with E-state index in [1.165, 1.54) is 6.07 Å². The fourth-order valence-electron chi connectivity index (χ4n) is 2.94. The number of hydrogen-bond donors (Lipinski definition) is 0. The Morgan fingerprint density at radius 3 is 2.71 bits per heavy atom. The number of rotatable bonds is 1. The lowest BCUT2D eigenvalue weighted by atomic mass is 10.0. The van der Waals surface area contributed by atoms with Crippen molar-refractivity contribution in [1.29, 1.82) is 0 Å². The molecule has 4 nitrogen and oxygen atoms in total. The highest BCUT2D eigenvalue weighted by atomic mass is 35.5. The van der Waals surface area contributed by atoms with Gasteiger partial charge in [-0.15, -0.1) is 0 Å². The molecule has 3 aromatic rings. The minimum Gasteiger partial charge on any atom is -0.473 e. The highest BCUT2D eigenvalue weighted by Gasteiger charge is 2.22. The lowest BCUT2D eigenvalue weighted by Crippen LogP contribution is -2.32. The molecule has 0 N–H and O–H groups in total. The second-order valence-electron chi connectivity index (χ2n) is 5.74. The van der Waals surface area contributed by atoms with Gasteiger partial charge in [0.05, 0.1) is 22.2 Å². The van der Waals surface area contributed by atoms with Crippen LogP contribution in [0.4, 0.5) is 5.69 Å². The van der Waals surface area contributed by atoms with Crippen LogP contribution in [-0.4, -0.2) is 6.73 Å². The zero-order valence-corrected chi connectivity index (χ0v) is 14.3. The third-order valence-corrected chi connectivity index (χ3v) is 4.91. The van der Waals surface area contributed by atoms with E-state index in [-0.39, 0.29) is 5.63 Å². The van der Waals surface area contributed by atoms with Gasteiger partial charge >= 0.3 is 5.63 Å². The number of benzene rings is 2. The minimum absolute atomic E-state index is 0.361. The fourth-order valence-corrected chi connectivity index (χ4v) is 3.23. The molecule has 6 heteroatoms. The van der Waals surface area contributed by atoms with E-state index in [1.807, 2.05) is 30.0 Å². The van der Waals surface area contributed by atoms with Crippen molar-refractivity contribution in [1.82, 2.24) is 0 Å². The highest BCUT2D eigenvalue weighted by Crippen LogP contribution is 2.35. The van der Waals surface area contributed by atoms with Gasteiger partial charge in [0.15, 0.2) is 6.73 Å². The van der Waals surface area contributed by atoms with Crippen molar-refractivity contribution in [2.75, 3.05) is 11.6 Å². The molecule has 0 bridgehead atoms. The van der Waals surface area contributed by atoms with Crippen molar-refractivity contribution in [2.45, 2.75) is 13.5 Å². The highest BCUT2D eigenvalue weighted by molar-refractivity contribution is 6.42. The van der Waals surface area contributed by atoms with E-state index in [2.05, 4.69) is 0 Å². The number of fused-ring (bicyclic) bond motifs is 3. The Labute approximate surface area is 148 Å². The van der Waals surface area contributed by atoms with Crippen LogP contribution in [0.2, 0.25) is 10.0 Å². The molecular formula is C18H13Cl2NO3. The summed E-state index contributed by atoms with van der Waals surface area (Å²) < 4.78 is 11.3. The molecule has 0 saturated carbocycles. The van der Waals surface area contributed by atoms with E-state index >= 15 is 0 Å². The number of hydrogen-bond acceptors (Lipinski definition) is 4. The largest absolute Gasteiger partial charge is 0.473 e. The Kier molecular flexibility index (Phi) is 3.66. The number of aryl methyl sites for hydroxylation is 1. The zero-order valence-electron chi connectivity index (χ0n) is 12.8. The second kappa shape index (κ2) is 5.72. The molecule has 0 aliphatic carbocycles. The van der Waals surface area contributed by atoms with Crippen LogP contribution >= 0.6 is 23.2 Å². The summed E-state index contributed by atoms with van der Waals surface area (Å²) in [4.78, 5) is 13.8. The van der Waals surface area contributed by atoms with E-state index < -0.39 is 0 Å². The Bertz CT molecular complexity index is 1010. The molecule has 0 radical (unpaired) electrons. The van der Waals surface area contributed by atoms with Crippen LogP contribution in [0.15, 0.2) is 45.6 Å². The van der Waals surface area contributed by atoms with E-state index in [0.717, 1.165) is 28.0 Å². The van der Waals surface area contributed by atoms with Crippen LogP contribution in [0.3, 0.4) is 0 Å². The Morgan fingerprint density at radius 1 is 1.08 bits per heavy atom. The average Bonchev–Trinajstić information content (AvgIpc) is 2.56. The van der Waals surface area contributed by atoms with Gasteiger partial charge in [-0.25, -0.2) is 4.79 Å². The summed E-state index contributed by atoms with van der Waals surface area (Å²) in [5.41, 5.74) is 2.84. The summed E-state index contributed by atoms with van der Waals surface area (Å²) in [6.45, 7) is 2.83. The first-order valence-corrected chi connectivity index (χ1v) is 8.17. The Morgan fingerprint density at radius 2 is 1.92 bits per heavy atom. The number of nitrogens with zero attached hydrogens (tertiary/aromatic N) is 1. The first-order chi connectivity index (χ1) is 11.5. The Balaban J connectivity index is 1.82. The molecule has 24 heavy (non-hydrogen) atoms. The van der Waals surface area contributed by atoms with Gasteiger partial charge in [-0.05, 0) is 42.8 Å². The predicted octanol–water partition coefficient (Wildman–Crippen LogP) is 4.76. The number of ether oxygens (including phenoxy) is 1. The predicted molar refractivity (Wildman–Crippen MR) is 95.4 cm³/mol. The maximum Gasteiger partial charge on any atom is 0.336 e. The molecular weight excluding hydrogens is 349 g/mol. The van der Waals surface area contributed by atoms with Crippen LogP contribution in [0.25, 0.3) is 11.0 Å². The molecule has 0 amide bonds. The Hall–Kier alpha value is -2.17. The smallest absolute Gasteiger partial charge is 0.336 e.